The van der Waals surface area contributed by atoms with Gasteiger partial charge in [0.15, 0.2) is 40.5 Å². The van der Waals surface area contributed by atoms with Crippen LogP contribution < -0.4 is 17.0 Å². The van der Waals surface area contributed by atoms with Crippen molar-refractivity contribution in [2.45, 2.75) is 47.5 Å². The topological polar surface area (TPSA) is 278 Å². The van der Waals surface area contributed by atoms with Crippen LogP contribution in [0.1, 0.15) is 11.6 Å². The van der Waals surface area contributed by atoms with E-state index in [1.54, 1.807) is 0 Å². The van der Waals surface area contributed by atoms with Gasteiger partial charge in [0.25, 0.3) is 5.56 Å². The number of nitrogens with one attached hydrogen (secondary N) is 1. The molecule has 26 heteroatoms. The van der Waals surface area contributed by atoms with Crippen molar-refractivity contribution < 1.29 is 42.2 Å². The molecule has 45 heavy (non-hydrogen) atoms. The van der Waals surface area contributed by atoms with Crippen LogP contribution in [-0.4, -0.2) is 109 Å². The number of nitrogens with zero attached hydrogens (tertiary/aromatic N) is 8. The molecule has 2 saturated heterocycles. The number of H-pyrrole nitrogens is 1. The number of ether oxygens (including phenoxy) is 1. The molecule has 9 atom stereocenters. The first-order valence-corrected chi connectivity index (χ1v) is 17.9. The third-order valence-electron chi connectivity index (χ3n) is 6.65. The van der Waals surface area contributed by atoms with Gasteiger partial charge in [-0.15, -0.1) is 16.9 Å². The van der Waals surface area contributed by atoms with Crippen LogP contribution in [0.2, 0.25) is 0 Å². The number of nitrogen functional groups attached to an aromatic ring is 2. The van der Waals surface area contributed by atoms with Crippen molar-refractivity contribution >= 4 is 84.3 Å². The molecule has 1 unspecified atom stereocenters. The first kappa shape index (κ1) is 33.9. The number of aromatic nitrogens is 9. The number of alkyl halides is 2. The van der Waals surface area contributed by atoms with Gasteiger partial charge in [0.2, 0.25) is 13.6 Å². The van der Waals surface area contributed by atoms with Gasteiger partial charge in [-0.3, -0.25) is 23.4 Å². The summed E-state index contributed by atoms with van der Waals surface area (Å²) in [6.45, 7) is -5.53. The van der Waals surface area contributed by atoms with Gasteiger partial charge < -0.3 is 35.8 Å². The fourth-order valence-corrected chi connectivity index (χ4v) is 7.54. The van der Waals surface area contributed by atoms with E-state index in [2.05, 4.69) is 47.5 Å². The van der Waals surface area contributed by atoms with Crippen LogP contribution in [0.3, 0.4) is 0 Å². The molecule has 2 aliphatic rings. The average Bonchev–Trinajstić information content (AvgIpc) is 3.74. The van der Waals surface area contributed by atoms with E-state index in [9.17, 15) is 19.9 Å². The minimum absolute atomic E-state index is 0.00549. The zero-order valence-electron chi connectivity index (χ0n) is 22.2. The fraction of sp³-hybridized carbons (Fsp3) is 0.526. The molecule has 19 nitrogen and oxygen atoms in total. The number of halogens is 2. The highest BCUT2D eigenvalue weighted by molar-refractivity contribution is 8.33. The lowest BCUT2D eigenvalue weighted by molar-refractivity contribution is -0.0511. The molecular weight excluding hydrogens is 706 g/mol. The van der Waals surface area contributed by atoms with E-state index < -0.39 is 73.0 Å². The molecule has 6 heterocycles. The molecule has 6 rings (SSSR count). The second kappa shape index (κ2) is 13.7. The Morgan fingerprint density at radius 2 is 1.98 bits per heavy atom. The van der Waals surface area contributed by atoms with Crippen LogP contribution in [0.25, 0.3) is 22.3 Å². The lowest BCUT2D eigenvalue weighted by Gasteiger charge is -2.27. The monoisotopic (exact) mass is 729 g/mol. The normalized spacial score (nSPS) is 29.6. The molecule has 0 aromatic carbocycles. The minimum atomic E-state index is -4.29. The van der Waals surface area contributed by atoms with Gasteiger partial charge in [-0.2, -0.15) is 9.67 Å². The quantitative estimate of drug-likeness (QED) is 0.0913. The second-order valence-corrected chi connectivity index (χ2v) is 14.2. The molecule has 0 radical (unpaired) electrons. The Kier molecular flexibility index (Phi) is 10.3. The number of aliphatic hydroxyl groups excluding tert-OH is 2. The number of rotatable bonds is 8. The Labute approximate surface area is 265 Å². The molecule has 4 aromatic rings. The van der Waals surface area contributed by atoms with E-state index in [1.165, 1.54) is 10.9 Å². The van der Waals surface area contributed by atoms with E-state index >= 15 is 8.78 Å². The Bertz CT molecular complexity index is 1810. The molecule has 0 amide bonds. The van der Waals surface area contributed by atoms with Crippen LogP contribution in [0.15, 0.2) is 17.4 Å². The van der Waals surface area contributed by atoms with Crippen molar-refractivity contribution in [3.63, 3.8) is 0 Å². The summed E-state index contributed by atoms with van der Waals surface area (Å²) in [5, 5.41) is 25.8. The number of thiol groups is 1. The second-order valence-electron chi connectivity index (χ2n) is 9.35. The van der Waals surface area contributed by atoms with Crippen molar-refractivity contribution in [2.75, 3.05) is 24.7 Å². The van der Waals surface area contributed by atoms with E-state index in [-0.39, 0.29) is 41.8 Å². The van der Waals surface area contributed by atoms with Gasteiger partial charge in [-0.05, 0) is 11.8 Å². The highest BCUT2D eigenvalue weighted by Crippen LogP contribution is 2.54. The maximum atomic E-state index is 15.4. The molecule has 2 fully saturated rings. The fourth-order valence-electron chi connectivity index (χ4n) is 4.65. The van der Waals surface area contributed by atoms with Gasteiger partial charge in [0.1, 0.15) is 36.2 Å². The summed E-state index contributed by atoms with van der Waals surface area (Å²) in [6.07, 6.45) is -7.65. The van der Waals surface area contributed by atoms with Crippen molar-refractivity contribution in [1.82, 2.24) is 44.5 Å². The number of hydrogen-bond acceptors (Lipinski definition) is 17. The van der Waals surface area contributed by atoms with Crippen LogP contribution in [-0.2, 0) is 30.2 Å². The molecule has 4 aromatic heterocycles. The molecule has 244 valence electrons. The summed E-state index contributed by atoms with van der Waals surface area (Å²) in [7, 11) is -0.139. The van der Waals surface area contributed by atoms with Gasteiger partial charge in [-0.1, -0.05) is 17.5 Å². The first-order valence-electron chi connectivity index (χ1n) is 12.4. The van der Waals surface area contributed by atoms with E-state index in [1.807, 2.05) is 0 Å². The maximum Gasteiger partial charge on any atom is 0.325 e. The number of hydrogen-bond donors (Lipinski definition) is 7. The predicted octanol–water partition coefficient (Wildman–Crippen LogP) is -0.199. The predicted molar refractivity (Wildman–Crippen MR) is 161 cm³/mol. The van der Waals surface area contributed by atoms with E-state index in [0.717, 1.165) is 22.8 Å². The highest BCUT2D eigenvalue weighted by Gasteiger charge is 2.50. The molecule has 0 bridgehead atoms. The lowest BCUT2D eigenvalue weighted by atomic mass is 10.1. The summed E-state index contributed by atoms with van der Waals surface area (Å²) >= 11 is 9.23. The summed E-state index contributed by atoms with van der Waals surface area (Å²) < 4.78 is 58.0. The zero-order chi connectivity index (χ0) is 32.6. The van der Waals surface area contributed by atoms with Gasteiger partial charge in [-0.25, -0.2) is 23.7 Å². The molecule has 0 spiro atoms. The third-order valence-corrected chi connectivity index (χ3v) is 9.74. The maximum absolute atomic E-state index is 15.4. The Hall–Kier alpha value is -2.50. The van der Waals surface area contributed by atoms with Gasteiger partial charge >= 0.3 is 6.72 Å². The number of fused-ring (bicyclic) bond motifs is 2. The summed E-state index contributed by atoms with van der Waals surface area (Å²) in [4.78, 5) is 41.2. The number of nitrogens with two attached hydrogens (primary N) is 2. The molecular formula is C19H23F2N11O8P2S3. The van der Waals surface area contributed by atoms with Crippen LogP contribution in [0.4, 0.5) is 20.5 Å². The number of aliphatic hydroxyl groups is 2. The van der Waals surface area contributed by atoms with Crippen LogP contribution >= 0.6 is 38.4 Å². The van der Waals surface area contributed by atoms with Crippen LogP contribution in [0.5, 0.6) is 0 Å². The van der Waals surface area contributed by atoms with E-state index in [0.29, 0.717) is 0 Å². The zero-order valence-corrected chi connectivity index (χ0v) is 26.5. The van der Waals surface area contributed by atoms with E-state index in [4.69, 9.17) is 41.6 Å². The summed E-state index contributed by atoms with van der Waals surface area (Å²) in [5.41, 5.74) is 10.8. The SMILES string of the molecule is Nc1nc2c(ncn2[C@@H]2S[C@H](CO)[C@H](F)[C@H]2OP(O)(=S)OC[C@H]2O[C@@H](n3nnc4c(N)ncnc43)[C@@H](F)[C@@H]2O)c(=O)[nH]1.O=PS. The van der Waals surface area contributed by atoms with Gasteiger partial charge in [0, 0.05) is 0 Å². The first-order chi connectivity index (χ1) is 21.4. The standard InChI is InChI=1S/C19H22F2N11O7PS2.HOPS/c20-7-6(1-33)42-18(31-4-26-10-15(31)27-19(23)28-16(10)35)12(7)39-40(36,41)37-2-5-11(34)8(21)17(38-5)32-14-9(29-30-32)13(22)24-3-25-14;1-2-3/h3-8,11-12,17-18,33-34H,1-2H2,(H,36,41)(H2,22,24,25)(H3,23,27,28,35);(H,1,3)/t5-,6-,7+,8+,11-,12-,17-,18-,40?;/m1./s1. The smallest absolute Gasteiger partial charge is 0.325 e. The van der Waals surface area contributed by atoms with Crippen molar-refractivity contribution in [2.24, 2.45) is 0 Å². The molecule has 8 N–H and O–H groups in total. The highest BCUT2D eigenvalue weighted by atomic mass is 32.7. The summed E-state index contributed by atoms with van der Waals surface area (Å²) in [5.74, 6) is -0.207. The van der Waals surface area contributed by atoms with Gasteiger partial charge in [0.05, 0.1) is 24.8 Å². The van der Waals surface area contributed by atoms with Crippen LogP contribution in [0, 0.1) is 0 Å². The van der Waals surface area contributed by atoms with Crippen molar-refractivity contribution in [3.05, 3.63) is 23.0 Å². The lowest BCUT2D eigenvalue weighted by Crippen LogP contribution is -2.33. The number of aromatic amines is 1. The Balaban J connectivity index is 0.00000128. The Morgan fingerprint density at radius 1 is 1.24 bits per heavy atom. The number of anilines is 2. The molecule has 0 aliphatic carbocycles. The largest absolute Gasteiger partial charge is 0.395 e. The minimum Gasteiger partial charge on any atom is -0.395 e. The molecule has 2 aliphatic heterocycles. The third kappa shape index (κ3) is 6.67. The Morgan fingerprint density at radius 3 is 2.69 bits per heavy atom. The van der Waals surface area contributed by atoms with Crippen molar-refractivity contribution in [1.29, 1.82) is 0 Å². The molecule has 0 saturated carbocycles. The number of imidazole rings is 1. The van der Waals surface area contributed by atoms with Crippen molar-refractivity contribution in [3.8, 4) is 0 Å². The summed E-state index contributed by atoms with van der Waals surface area (Å²) in [6, 6.07) is 0. The number of thioether (sulfide) groups is 1. The average molecular weight is 730 g/mol.